The molecule has 4 rings (SSSR count). The van der Waals surface area contributed by atoms with E-state index in [1.165, 1.54) is 5.56 Å². The van der Waals surface area contributed by atoms with Crippen molar-refractivity contribution in [2.24, 2.45) is 29.6 Å². The zero-order chi connectivity index (χ0) is 15.5. The number of benzene rings is 1. The molecule has 1 N–H and O–H groups in total. The fourth-order valence-electron chi connectivity index (χ4n) is 4.48. The summed E-state index contributed by atoms with van der Waals surface area (Å²) in [7, 11) is 0. The van der Waals surface area contributed by atoms with Crippen LogP contribution in [-0.4, -0.2) is 10.2 Å². The lowest BCUT2D eigenvalue weighted by Gasteiger charge is -2.05. The highest BCUT2D eigenvalue weighted by Crippen LogP contribution is 2.67. The first-order chi connectivity index (χ1) is 10.5. The molecule has 22 heavy (non-hydrogen) atoms. The maximum absolute atomic E-state index is 12.5. The normalized spacial score (nSPS) is 38.0. The number of rotatable bonds is 2. The van der Waals surface area contributed by atoms with E-state index in [1.807, 2.05) is 31.2 Å². The summed E-state index contributed by atoms with van der Waals surface area (Å²) < 4.78 is -0.476. The summed E-state index contributed by atoms with van der Waals surface area (Å²) in [5.74, 6) is 2.37. The molecule has 5 atom stereocenters. The summed E-state index contributed by atoms with van der Waals surface area (Å²) in [5, 5.41) is 3.08. The molecule has 3 fully saturated rings. The molecule has 0 heterocycles. The summed E-state index contributed by atoms with van der Waals surface area (Å²) in [5.41, 5.74) is 2.11. The molecule has 1 amide bonds. The van der Waals surface area contributed by atoms with E-state index < -0.39 is 4.33 Å². The largest absolute Gasteiger partial charge is 0.326 e. The van der Waals surface area contributed by atoms with Gasteiger partial charge in [0.15, 0.2) is 0 Å². The average molecular weight is 338 g/mol. The lowest BCUT2D eigenvalue weighted by Crippen LogP contribution is -2.15. The lowest BCUT2D eigenvalue weighted by atomic mass is 10.0. The highest BCUT2D eigenvalue weighted by Gasteiger charge is 2.65. The molecular weight excluding hydrogens is 317 g/mol. The maximum Gasteiger partial charge on any atom is 0.228 e. The van der Waals surface area contributed by atoms with Crippen molar-refractivity contribution >= 4 is 34.8 Å². The van der Waals surface area contributed by atoms with Gasteiger partial charge >= 0.3 is 0 Å². The van der Waals surface area contributed by atoms with Gasteiger partial charge < -0.3 is 5.32 Å². The summed E-state index contributed by atoms with van der Waals surface area (Å²) in [6, 6.07) is 8.00. The molecule has 0 bridgehead atoms. The predicted molar refractivity (Wildman–Crippen MR) is 90.2 cm³/mol. The Morgan fingerprint density at radius 2 is 1.59 bits per heavy atom. The molecule has 118 valence electrons. The molecular formula is C18H21Cl2NO. The second kappa shape index (κ2) is 5.14. The van der Waals surface area contributed by atoms with Crippen molar-refractivity contribution in [3.8, 4) is 0 Å². The van der Waals surface area contributed by atoms with Crippen LogP contribution in [0.1, 0.15) is 31.2 Å². The minimum atomic E-state index is -0.476. The van der Waals surface area contributed by atoms with Crippen LogP contribution >= 0.6 is 23.2 Å². The minimum absolute atomic E-state index is 0.192. The summed E-state index contributed by atoms with van der Waals surface area (Å²) in [6.45, 7) is 2.05. The summed E-state index contributed by atoms with van der Waals surface area (Å²) >= 11 is 12.7. The summed E-state index contributed by atoms with van der Waals surface area (Å²) in [4.78, 5) is 12.5. The van der Waals surface area contributed by atoms with Crippen molar-refractivity contribution in [3.63, 3.8) is 0 Å². The number of hydrogen-bond acceptors (Lipinski definition) is 1. The molecule has 2 nitrogen and oxygen atoms in total. The number of nitrogens with one attached hydrogen (secondary N) is 1. The minimum Gasteiger partial charge on any atom is -0.326 e. The van der Waals surface area contributed by atoms with E-state index in [4.69, 9.17) is 23.2 Å². The maximum atomic E-state index is 12.5. The highest BCUT2D eigenvalue weighted by molar-refractivity contribution is 6.51. The van der Waals surface area contributed by atoms with E-state index in [0.717, 1.165) is 31.4 Å². The smallest absolute Gasteiger partial charge is 0.228 e. The second-order valence-corrected chi connectivity index (χ2v) is 8.70. The number of hydrogen-bond donors (Lipinski definition) is 1. The number of carbonyl (C=O) groups is 1. The zero-order valence-electron chi connectivity index (χ0n) is 12.7. The highest BCUT2D eigenvalue weighted by atomic mass is 35.5. The molecule has 0 aromatic heterocycles. The van der Waals surface area contributed by atoms with E-state index in [-0.39, 0.29) is 11.8 Å². The Hall–Kier alpha value is -0.730. The van der Waals surface area contributed by atoms with Crippen LogP contribution in [0.15, 0.2) is 24.3 Å². The van der Waals surface area contributed by atoms with Crippen LogP contribution < -0.4 is 5.32 Å². The molecule has 0 spiro atoms. The third-order valence-electron chi connectivity index (χ3n) is 5.94. The van der Waals surface area contributed by atoms with Crippen LogP contribution in [0.2, 0.25) is 0 Å². The standard InChI is InChI=1S/C18H21Cl2NO/c1-10-2-4-11(5-3-10)21-17(22)16-12-6-8-14-15(18(14,19)20)9-7-13(12)16/h2-5,12-16H,6-9H2,1H3,(H,21,22)/t12-,13-,14-,15+,16?/m0/s1. The molecule has 0 saturated heterocycles. The van der Waals surface area contributed by atoms with Gasteiger partial charge in [-0.25, -0.2) is 0 Å². The van der Waals surface area contributed by atoms with Gasteiger partial charge in [-0.3, -0.25) is 4.79 Å². The SMILES string of the molecule is Cc1ccc(NC(=O)C2[C@H]3CC[C@@H]4[C@H](CC[C@H]23)C4(Cl)Cl)cc1. The molecule has 3 aliphatic carbocycles. The Labute approximate surface area is 141 Å². The van der Waals surface area contributed by atoms with Crippen molar-refractivity contribution < 1.29 is 4.79 Å². The van der Waals surface area contributed by atoms with E-state index in [0.29, 0.717) is 23.7 Å². The summed E-state index contributed by atoms with van der Waals surface area (Å²) in [6.07, 6.45) is 4.35. The molecule has 4 heteroatoms. The first kappa shape index (κ1) is 14.8. The fraction of sp³-hybridized carbons (Fsp3) is 0.611. The first-order valence-electron chi connectivity index (χ1n) is 8.24. The molecule has 1 aromatic carbocycles. The van der Waals surface area contributed by atoms with Gasteiger partial charge in [0.1, 0.15) is 4.33 Å². The van der Waals surface area contributed by atoms with Gasteiger partial charge in [-0.15, -0.1) is 23.2 Å². The number of fused-ring (bicyclic) bond motifs is 2. The van der Waals surface area contributed by atoms with Gasteiger partial charge in [-0.05, 0) is 68.4 Å². The fourth-order valence-corrected chi connectivity index (χ4v) is 5.39. The van der Waals surface area contributed by atoms with E-state index in [2.05, 4.69) is 5.32 Å². The Bertz CT molecular complexity index is 576. The van der Waals surface area contributed by atoms with Crippen LogP contribution in [0, 0.1) is 36.5 Å². The van der Waals surface area contributed by atoms with Crippen LogP contribution in [0.25, 0.3) is 0 Å². The Balaban J connectivity index is 1.37. The van der Waals surface area contributed by atoms with Crippen molar-refractivity contribution in [2.45, 2.75) is 36.9 Å². The van der Waals surface area contributed by atoms with Gasteiger partial charge in [0.2, 0.25) is 5.91 Å². The van der Waals surface area contributed by atoms with Gasteiger partial charge in [0, 0.05) is 11.6 Å². The van der Waals surface area contributed by atoms with E-state index in [9.17, 15) is 4.79 Å². The van der Waals surface area contributed by atoms with Crippen LogP contribution in [0.3, 0.4) is 0 Å². The van der Waals surface area contributed by atoms with E-state index >= 15 is 0 Å². The van der Waals surface area contributed by atoms with Gasteiger partial charge in [-0.1, -0.05) is 17.7 Å². The third kappa shape index (κ3) is 2.45. The second-order valence-electron chi connectivity index (χ2n) is 7.25. The molecule has 1 aromatic rings. The molecule has 1 unspecified atom stereocenters. The van der Waals surface area contributed by atoms with Gasteiger partial charge in [0.05, 0.1) is 0 Å². The molecule has 3 aliphatic rings. The van der Waals surface area contributed by atoms with Crippen LogP contribution in [-0.2, 0) is 4.79 Å². The number of aryl methyl sites for hydroxylation is 1. The van der Waals surface area contributed by atoms with Crippen LogP contribution in [0.4, 0.5) is 5.69 Å². The number of amides is 1. The Kier molecular flexibility index (Phi) is 3.47. The monoisotopic (exact) mass is 337 g/mol. The van der Waals surface area contributed by atoms with Crippen molar-refractivity contribution in [1.82, 2.24) is 0 Å². The first-order valence-corrected chi connectivity index (χ1v) is 8.99. The van der Waals surface area contributed by atoms with Crippen molar-refractivity contribution in [2.75, 3.05) is 5.32 Å². The van der Waals surface area contributed by atoms with Crippen LogP contribution in [0.5, 0.6) is 0 Å². The Morgan fingerprint density at radius 1 is 1.05 bits per heavy atom. The van der Waals surface area contributed by atoms with E-state index in [1.54, 1.807) is 0 Å². The number of halogens is 2. The molecule has 0 radical (unpaired) electrons. The zero-order valence-corrected chi connectivity index (χ0v) is 14.2. The van der Waals surface area contributed by atoms with Crippen molar-refractivity contribution in [3.05, 3.63) is 29.8 Å². The predicted octanol–water partition coefficient (Wildman–Crippen LogP) is 4.79. The molecule has 0 aliphatic heterocycles. The number of anilines is 1. The van der Waals surface area contributed by atoms with Crippen molar-refractivity contribution in [1.29, 1.82) is 0 Å². The third-order valence-corrected chi connectivity index (χ3v) is 7.06. The van der Waals surface area contributed by atoms with Gasteiger partial charge in [-0.2, -0.15) is 0 Å². The van der Waals surface area contributed by atoms with Gasteiger partial charge in [0.25, 0.3) is 0 Å². The lowest BCUT2D eigenvalue weighted by molar-refractivity contribution is -0.117. The average Bonchev–Trinajstić information content (AvgIpc) is 3.26. The molecule has 3 saturated carbocycles. The number of carbonyl (C=O) groups excluding carboxylic acids is 1. The topological polar surface area (TPSA) is 29.1 Å². The number of alkyl halides is 2. The Morgan fingerprint density at radius 3 is 2.14 bits per heavy atom. The quantitative estimate of drug-likeness (QED) is 0.772.